The van der Waals surface area contributed by atoms with Crippen molar-refractivity contribution in [1.29, 1.82) is 0 Å². The van der Waals surface area contributed by atoms with E-state index in [1.54, 1.807) is 83.3 Å². The average molecular weight is 1420 g/mol. The van der Waals surface area contributed by atoms with Crippen LogP contribution in [-0.2, 0) is 105 Å². The number of rotatable bonds is 38. The van der Waals surface area contributed by atoms with Crippen molar-refractivity contribution >= 4 is 76.7 Å². The molecule has 28 heteroatoms. The standard InChI is InChI=1S/C72H100ClN7O20/c1-12-31-96-62(84)27-30-80(61(83)28-32-93-35-36-95-38-37-94-34-33-91-10)29-26-60(82)79-63(46(4)5)68(87)76-48(7)66(85)77-53-23-18-50(19-24-53)43-97-71(90)74-42-49-16-21-52(22-17-49)65-64(100-65)47(6)56-14-13-15-59(81)78-55(41-51-20-25-57(92-11)54(73)40-51)67(86)75-44-72(8,9)70(89)99-58(39-45(2)3)69(88)98-56/h12-13,15-25,40,45-48,55-56,58,63-65H,1,14,26-39,41-44H2,2-11H3,(H,74,90)(H,75,86)(H,76,87)(H,77,85)(H,78,81)(H,79,82)/b15-13-/t47-,48-,55+,56-,58-,63-,64+,65+/m0/s1. The molecule has 1 saturated heterocycles. The molecule has 0 saturated carbocycles. The number of nitrogens with one attached hydrogen (secondary N) is 6. The Hall–Kier alpha value is -8.47. The lowest BCUT2D eigenvalue weighted by Crippen LogP contribution is -2.54. The fraction of sp³-hybridized carbons (Fsp3) is 0.556. The largest absolute Gasteiger partial charge is 0.495 e. The molecule has 7 amide bonds. The first-order valence-electron chi connectivity index (χ1n) is 33.6. The third-order valence-corrected chi connectivity index (χ3v) is 16.5. The first-order chi connectivity index (χ1) is 47.7. The number of carbonyl (C=O) groups is 10. The third-order valence-electron chi connectivity index (χ3n) is 16.2. The Labute approximate surface area is 590 Å². The van der Waals surface area contributed by atoms with Gasteiger partial charge in [-0.3, -0.25) is 38.4 Å². The maximum atomic E-state index is 14.0. The van der Waals surface area contributed by atoms with Crippen molar-refractivity contribution in [3.05, 3.63) is 119 Å². The van der Waals surface area contributed by atoms with Gasteiger partial charge in [0.05, 0.1) is 82.7 Å². The summed E-state index contributed by atoms with van der Waals surface area (Å²) in [7, 11) is 3.07. The number of ether oxygens (including phenoxy) is 10. The summed E-state index contributed by atoms with van der Waals surface area (Å²) in [4.78, 5) is 135. The summed E-state index contributed by atoms with van der Waals surface area (Å²) in [5, 5.41) is 16.7. The predicted octanol–water partition coefficient (Wildman–Crippen LogP) is 6.56. The molecule has 0 bridgehead atoms. The summed E-state index contributed by atoms with van der Waals surface area (Å²) in [5.41, 5.74) is 1.96. The van der Waals surface area contributed by atoms with Crippen LogP contribution in [0.4, 0.5) is 10.5 Å². The predicted molar refractivity (Wildman–Crippen MR) is 369 cm³/mol. The molecule has 0 radical (unpaired) electrons. The lowest BCUT2D eigenvalue weighted by Gasteiger charge is -2.29. The lowest BCUT2D eigenvalue weighted by atomic mass is 9.92. The van der Waals surface area contributed by atoms with Gasteiger partial charge in [-0.25, -0.2) is 9.59 Å². The Bertz CT molecular complexity index is 3220. The van der Waals surface area contributed by atoms with Crippen molar-refractivity contribution in [3.8, 4) is 5.75 Å². The molecule has 0 aliphatic carbocycles. The molecule has 2 aliphatic rings. The van der Waals surface area contributed by atoms with Crippen LogP contribution in [0.1, 0.15) is 116 Å². The SMILES string of the molecule is C=CCOC(=O)CCN(CCC(=O)N[C@H](C(=O)N[C@@H](C)C(=O)Nc1ccc(COC(=O)NCc2ccc([C@H]3O[C@@H]3[C@@H](C)[C@@H]3C/C=C\C(=O)N[C@H](Cc4ccc(OC)c(Cl)c4)C(=O)NCC(C)(C)C(=O)O[C@@H](CC(C)C)C(=O)O3)cc2)cc1)C(C)C)C(=O)CCOCCOCCOCCOC. The quantitative estimate of drug-likeness (QED) is 0.0116. The van der Waals surface area contributed by atoms with Gasteiger partial charge >= 0.3 is 24.0 Å². The van der Waals surface area contributed by atoms with Gasteiger partial charge < -0.3 is 84.2 Å². The first kappa shape index (κ1) is 82.2. The smallest absolute Gasteiger partial charge is 0.407 e. The molecule has 6 N–H and O–H groups in total. The van der Waals surface area contributed by atoms with Crippen LogP contribution in [0, 0.1) is 23.2 Å². The van der Waals surface area contributed by atoms with Crippen LogP contribution in [0.5, 0.6) is 5.75 Å². The second kappa shape index (κ2) is 42.6. The Balaban J connectivity index is 1.08. The van der Waals surface area contributed by atoms with Crippen LogP contribution in [-0.4, -0.2) is 187 Å². The minimum absolute atomic E-state index is 0.00616. The molecule has 2 aliphatic heterocycles. The Kier molecular flexibility index (Phi) is 35.0. The minimum atomic E-state index is -1.29. The number of esters is 3. The van der Waals surface area contributed by atoms with Crippen molar-refractivity contribution in [2.45, 2.75) is 150 Å². The number of carbonyl (C=O) groups excluding carboxylic acids is 10. The average Bonchev–Trinajstić information content (AvgIpc) is 1.62. The summed E-state index contributed by atoms with van der Waals surface area (Å²) in [6, 6.07) is 15.8. The van der Waals surface area contributed by atoms with Crippen LogP contribution in [0.2, 0.25) is 5.02 Å². The molecule has 0 aromatic heterocycles. The van der Waals surface area contributed by atoms with Gasteiger partial charge in [0.15, 0.2) is 6.10 Å². The lowest BCUT2D eigenvalue weighted by molar-refractivity contribution is -0.179. The van der Waals surface area contributed by atoms with Crippen molar-refractivity contribution in [2.75, 3.05) is 92.0 Å². The summed E-state index contributed by atoms with van der Waals surface area (Å²) in [6.07, 6.45) is 0.664. The highest BCUT2D eigenvalue weighted by Crippen LogP contribution is 2.45. The van der Waals surface area contributed by atoms with Gasteiger partial charge in [0, 0.05) is 64.2 Å². The number of hydrogen-bond donors (Lipinski definition) is 6. The fourth-order valence-corrected chi connectivity index (χ4v) is 10.4. The highest BCUT2D eigenvalue weighted by molar-refractivity contribution is 6.32. The van der Waals surface area contributed by atoms with Crippen molar-refractivity contribution in [3.63, 3.8) is 0 Å². The zero-order valence-corrected chi connectivity index (χ0v) is 59.7. The second-order valence-corrected chi connectivity index (χ2v) is 26.1. The monoisotopic (exact) mass is 1420 g/mol. The van der Waals surface area contributed by atoms with E-state index in [2.05, 4.69) is 38.5 Å². The van der Waals surface area contributed by atoms with E-state index >= 15 is 0 Å². The van der Waals surface area contributed by atoms with Crippen molar-refractivity contribution < 1.29 is 95.3 Å². The number of anilines is 1. The van der Waals surface area contributed by atoms with Gasteiger partial charge in [-0.15, -0.1) is 0 Å². The number of halogens is 1. The van der Waals surface area contributed by atoms with Crippen molar-refractivity contribution in [1.82, 2.24) is 31.5 Å². The molecular formula is C72H100ClN7O20. The molecule has 27 nitrogen and oxygen atoms in total. The Morgan fingerprint density at radius 1 is 0.770 bits per heavy atom. The van der Waals surface area contributed by atoms with Gasteiger partial charge in [0.2, 0.25) is 35.4 Å². The molecule has 100 heavy (non-hydrogen) atoms. The van der Waals surface area contributed by atoms with E-state index in [1.165, 1.54) is 31.1 Å². The van der Waals surface area contributed by atoms with Crippen LogP contribution in [0.15, 0.2) is 91.5 Å². The molecule has 2 heterocycles. The topological polar surface area (TPSA) is 342 Å². The van der Waals surface area contributed by atoms with Gasteiger partial charge in [-0.1, -0.05) is 107 Å². The highest BCUT2D eigenvalue weighted by Gasteiger charge is 2.48. The van der Waals surface area contributed by atoms with E-state index in [-0.39, 0.29) is 109 Å². The number of methoxy groups -OCH3 is 2. The van der Waals surface area contributed by atoms with Crippen molar-refractivity contribution in [2.24, 2.45) is 23.2 Å². The molecule has 0 spiro atoms. The Morgan fingerprint density at radius 2 is 1.42 bits per heavy atom. The van der Waals surface area contributed by atoms with Crippen LogP contribution >= 0.6 is 11.6 Å². The third kappa shape index (κ3) is 29.0. The maximum Gasteiger partial charge on any atom is 0.407 e. The number of amides is 7. The molecule has 3 aromatic carbocycles. The summed E-state index contributed by atoms with van der Waals surface area (Å²) < 4.78 is 55.3. The van der Waals surface area contributed by atoms with Crippen LogP contribution in [0.25, 0.3) is 0 Å². The van der Waals surface area contributed by atoms with E-state index in [9.17, 15) is 47.9 Å². The first-order valence-corrected chi connectivity index (χ1v) is 34.0. The minimum Gasteiger partial charge on any atom is -0.495 e. The van der Waals surface area contributed by atoms with E-state index in [0.717, 1.165) is 11.1 Å². The van der Waals surface area contributed by atoms with Gasteiger partial charge in [0.25, 0.3) is 0 Å². The summed E-state index contributed by atoms with van der Waals surface area (Å²) in [5.74, 6) is -5.64. The maximum absolute atomic E-state index is 14.0. The van der Waals surface area contributed by atoms with E-state index in [0.29, 0.717) is 60.6 Å². The zero-order chi connectivity index (χ0) is 73.3. The fourth-order valence-electron chi connectivity index (χ4n) is 10.2. The number of epoxide rings is 1. The number of alkyl carbamates (subject to hydrolysis) is 1. The number of cyclic esters (lactones) is 2. The summed E-state index contributed by atoms with van der Waals surface area (Å²) >= 11 is 6.39. The molecule has 3 aromatic rings. The zero-order valence-electron chi connectivity index (χ0n) is 59.0. The van der Waals surface area contributed by atoms with E-state index < -0.39 is 107 Å². The number of benzene rings is 3. The van der Waals surface area contributed by atoms with Crippen LogP contribution in [0.3, 0.4) is 0 Å². The molecular weight excluding hydrogens is 1320 g/mol. The van der Waals surface area contributed by atoms with Crippen LogP contribution < -0.4 is 36.6 Å². The van der Waals surface area contributed by atoms with Gasteiger partial charge in [0.1, 0.15) is 49.3 Å². The second-order valence-electron chi connectivity index (χ2n) is 25.7. The Morgan fingerprint density at radius 3 is 2.06 bits per heavy atom. The van der Waals surface area contributed by atoms with Gasteiger partial charge in [-0.2, -0.15) is 0 Å². The molecule has 0 unspecified atom stereocenters. The molecule has 550 valence electrons. The normalized spacial score (nSPS) is 19.1. The molecule has 1 fully saturated rings. The molecule has 8 atom stereocenters. The van der Waals surface area contributed by atoms with Gasteiger partial charge in [-0.05, 0) is 91.6 Å². The van der Waals surface area contributed by atoms with E-state index in [1.807, 2.05) is 45.0 Å². The number of nitrogens with zero attached hydrogens (tertiary/aromatic N) is 1. The van der Waals surface area contributed by atoms with E-state index in [4.69, 9.17) is 59.0 Å². The molecule has 5 rings (SSSR count). The highest BCUT2D eigenvalue weighted by atomic mass is 35.5. The number of hydrogen-bond acceptors (Lipinski definition) is 20. The summed E-state index contributed by atoms with van der Waals surface area (Å²) in [6.45, 7) is 19.4.